The summed E-state index contributed by atoms with van der Waals surface area (Å²) < 4.78 is 35.9. The van der Waals surface area contributed by atoms with E-state index in [2.05, 4.69) is 20.6 Å². The smallest absolute Gasteiger partial charge is 0.255 e. The number of fused-ring (bicyclic) bond motifs is 1. The second-order valence-electron chi connectivity index (χ2n) is 10.5. The van der Waals surface area contributed by atoms with E-state index in [1.54, 1.807) is 13.0 Å². The molecule has 0 radical (unpaired) electrons. The Balaban J connectivity index is 1.45. The topological polar surface area (TPSA) is 138 Å². The molecule has 0 spiro atoms. The van der Waals surface area contributed by atoms with E-state index in [9.17, 15) is 24.2 Å². The molecule has 0 bridgehead atoms. The molecule has 3 aromatic carbocycles. The van der Waals surface area contributed by atoms with Crippen molar-refractivity contribution in [3.8, 4) is 28.2 Å². The van der Waals surface area contributed by atoms with Crippen LogP contribution in [0.2, 0.25) is 0 Å². The molecule has 218 valence electrons. The molecule has 0 unspecified atom stereocenters. The Kier molecular flexibility index (Phi) is 6.89. The van der Waals surface area contributed by atoms with Crippen LogP contribution in [0.15, 0.2) is 71.4 Å². The second kappa shape index (κ2) is 10.6. The van der Waals surface area contributed by atoms with Gasteiger partial charge in [0.1, 0.15) is 34.3 Å². The van der Waals surface area contributed by atoms with Gasteiger partial charge >= 0.3 is 0 Å². The summed E-state index contributed by atoms with van der Waals surface area (Å²) in [5.74, 6) is -2.44. The van der Waals surface area contributed by atoms with Gasteiger partial charge < -0.3 is 25.3 Å². The van der Waals surface area contributed by atoms with Gasteiger partial charge in [-0.25, -0.2) is 18.7 Å². The number of carbonyl (C=O) groups excluding carboxylic acids is 2. The van der Waals surface area contributed by atoms with Crippen molar-refractivity contribution in [1.82, 2.24) is 20.6 Å². The first-order valence-corrected chi connectivity index (χ1v) is 13.5. The summed E-state index contributed by atoms with van der Waals surface area (Å²) in [6.07, 6.45) is 2.79. The van der Waals surface area contributed by atoms with Crippen LogP contribution in [0.3, 0.4) is 0 Å². The van der Waals surface area contributed by atoms with Gasteiger partial charge in [-0.1, -0.05) is 0 Å². The number of benzene rings is 3. The highest BCUT2D eigenvalue weighted by atomic mass is 19.1. The summed E-state index contributed by atoms with van der Waals surface area (Å²) in [5.41, 5.74) is 0.0977. The van der Waals surface area contributed by atoms with E-state index in [4.69, 9.17) is 4.42 Å². The third-order valence-electron chi connectivity index (χ3n) is 7.75. The Hall–Kier alpha value is -5.16. The number of carbonyl (C=O) groups is 2. The van der Waals surface area contributed by atoms with Gasteiger partial charge in [0.25, 0.3) is 11.8 Å². The maximum absolute atomic E-state index is 16.4. The summed E-state index contributed by atoms with van der Waals surface area (Å²) in [4.78, 5) is 35.0. The predicted molar refractivity (Wildman–Crippen MR) is 153 cm³/mol. The first-order chi connectivity index (χ1) is 20.6. The Morgan fingerprint density at radius 3 is 2.35 bits per heavy atom. The third kappa shape index (κ3) is 4.77. The highest BCUT2D eigenvalue weighted by Gasteiger charge is 2.48. The van der Waals surface area contributed by atoms with E-state index in [0.717, 1.165) is 0 Å². The lowest BCUT2D eigenvalue weighted by molar-refractivity contribution is -0.00348. The molecule has 2 heterocycles. The monoisotopic (exact) mass is 584 g/mol. The van der Waals surface area contributed by atoms with Crippen LogP contribution in [-0.2, 0) is 5.54 Å². The fraction of sp³-hybridized carbons (Fsp3) is 0.188. The number of aliphatic hydroxyl groups is 1. The number of amides is 2. The molecule has 1 fully saturated rings. The molecule has 2 aromatic heterocycles. The SMILES string of the molecule is CNC(=O)c1c(-c2ccc(F)cc2)oc2ccc(-c3cc(C(=O)NC4(c5ncccn5)CC(O)C4)c(O)cc3C)c(F)c12. The molecule has 0 aliphatic heterocycles. The standard InChI is InChI=1S/C32H26F2N4O5/c1-16-12-23(40)22(29(41)38-32(14-19(39)15-32)31-36-10-3-11-37-31)13-21(16)20-8-9-24-25(27(20)34)26(30(42)35-2)28(43-24)17-4-6-18(33)7-5-17/h3-13,19,39-40H,14-15H2,1-2H3,(H,35,42)(H,38,41). The molecule has 1 aliphatic carbocycles. The minimum atomic E-state index is -1.03. The van der Waals surface area contributed by atoms with Crippen molar-refractivity contribution in [1.29, 1.82) is 0 Å². The number of nitrogens with one attached hydrogen (secondary N) is 2. The van der Waals surface area contributed by atoms with E-state index in [1.165, 1.54) is 68.0 Å². The number of hydrogen-bond acceptors (Lipinski definition) is 7. The number of phenolic OH excluding ortho intramolecular Hbond substituents is 1. The number of aromatic hydroxyl groups is 1. The number of aromatic nitrogens is 2. The summed E-state index contributed by atoms with van der Waals surface area (Å²) in [7, 11) is 1.40. The Morgan fingerprint density at radius 1 is 1.00 bits per heavy atom. The van der Waals surface area contributed by atoms with Gasteiger partial charge in [0, 0.05) is 43.4 Å². The van der Waals surface area contributed by atoms with Crippen LogP contribution in [0.5, 0.6) is 5.75 Å². The first kappa shape index (κ1) is 28.0. The van der Waals surface area contributed by atoms with Gasteiger partial charge in [-0.15, -0.1) is 0 Å². The number of phenols is 1. The van der Waals surface area contributed by atoms with Crippen LogP contribution in [-0.4, -0.2) is 45.1 Å². The lowest BCUT2D eigenvalue weighted by atomic mass is 9.73. The van der Waals surface area contributed by atoms with Crippen molar-refractivity contribution >= 4 is 22.8 Å². The van der Waals surface area contributed by atoms with Crippen molar-refractivity contribution in [3.05, 3.63) is 101 Å². The van der Waals surface area contributed by atoms with E-state index in [1.807, 2.05) is 0 Å². The van der Waals surface area contributed by atoms with E-state index in [-0.39, 0.29) is 52.0 Å². The van der Waals surface area contributed by atoms with Gasteiger partial charge in [0.15, 0.2) is 5.82 Å². The zero-order valence-electron chi connectivity index (χ0n) is 23.1. The molecule has 6 rings (SSSR count). The molecule has 1 aliphatic rings. The van der Waals surface area contributed by atoms with Crippen molar-refractivity contribution < 1.29 is 33.0 Å². The van der Waals surface area contributed by atoms with E-state index < -0.39 is 35.1 Å². The first-order valence-electron chi connectivity index (χ1n) is 13.5. The largest absolute Gasteiger partial charge is 0.507 e. The summed E-state index contributed by atoms with van der Waals surface area (Å²) >= 11 is 0. The molecule has 5 aromatic rings. The van der Waals surface area contributed by atoms with Crippen LogP contribution in [0.25, 0.3) is 33.4 Å². The van der Waals surface area contributed by atoms with E-state index >= 15 is 4.39 Å². The number of aliphatic hydroxyl groups excluding tert-OH is 1. The van der Waals surface area contributed by atoms with Crippen LogP contribution in [0.4, 0.5) is 8.78 Å². The van der Waals surface area contributed by atoms with Crippen LogP contribution in [0.1, 0.15) is 44.9 Å². The minimum absolute atomic E-state index is 0.0637. The molecule has 0 atom stereocenters. The third-order valence-corrected chi connectivity index (χ3v) is 7.75. The normalized spacial score (nSPS) is 17.8. The maximum Gasteiger partial charge on any atom is 0.255 e. The Bertz CT molecular complexity index is 1880. The Morgan fingerprint density at radius 2 is 1.70 bits per heavy atom. The van der Waals surface area contributed by atoms with Crippen molar-refractivity contribution in [2.45, 2.75) is 31.4 Å². The highest BCUT2D eigenvalue weighted by Crippen LogP contribution is 2.42. The van der Waals surface area contributed by atoms with Gasteiger partial charge in [0.2, 0.25) is 0 Å². The van der Waals surface area contributed by atoms with Crippen molar-refractivity contribution in [3.63, 3.8) is 0 Å². The van der Waals surface area contributed by atoms with Gasteiger partial charge in [-0.05, 0) is 72.6 Å². The molecule has 11 heteroatoms. The molecule has 1 saturated carbocycles. The average molecular weight is 585 g/mol. The quantitative estimate of drug-likeness (QED) is 0.221. The number of aryl methyl sites for hydroxylation is 1. The zero-order chi connectivity index (χ0) is 30.5. The van der Waals surface area contributed by atoms with Crippen LogP contribution in [0, 0.1) is 18.6 Å². The number of furan rings is 1. The van der Waals surface area contributed by atoms with Gasteiger partial charge in [-0.3, -0.25) is 9.59 Å². The van der Waals surface area contributed by atoms with Crippen LogP contribution < -0.4 is 10.6 Å². The fourth-order valence-corrected chi connectivity index (χ4v) is 5.59. The number of rotatable bonds is 6. The molecular weight excluding hydrogens is 558 g/mol. The zero-order valence-corrected chi connectivity index (χ0v) is 23.1. The average Bonchev–Trinajstić information content (AvgIpc) is 3.38. The number of nitrogens with zero attached hydrogens (tertiary/aromatic N) is 2. The van der Waals surface area contributed by atoms with Gasteiger partial charge in [-0.2, -0.15) is 0 Å². The van der Waals surface area contributed by atoms with Crippen molar-refractivity contribution in [2.75, 3.05) is 7.05 Å². The minimum Gasteiger partial charge on any atom is -0.507 e. The summed E-state index contributed by atoms with van der Waals surface area (Å²) in [6.45, 7) is 1.65. The van der Waals surface area contributed by atoms with E-state index in [0.29, 0.717) is 22.5 Å². The van der Waals surface area contributed by atoms with Crippen molar-refractivity contribution in [2.24, 2.45) is 0 Å². The van der Waals surface area contributed by atoms with Gasteiger partial charge in [0.05, 0.1) is 22.6 Å². The lowest BCUT2D eigenvalue weighted by Crippen LogP contribution is -2.57. The predicted octanol–water partition coefficient (Wildman–Crippen LogP) is 4.99. The number of halogens is 2. The molecule has 4 N–H and O–H groups in total. The Labute approximate surface area is 244 Å². The summed E-state index contributed by atoms with van der Waals surface area (Å²) in [5, 5.41) is 26.1. The van der Waals surface area contributed by atoms with Crippen LogP contribution >= 0.6 is 0 Å². The fourth-order valence-electron chi connectivity index (χ4n) is 5.59. The molecule has 0 saturated heterocycles. The second-order valence-corrected chi connectivity index (χ2v) is 10.5. The lowest BCUT2D eigenvalue weighted by Gasteiger charge is -2.44. The molecule has 9 nitrogen and oxygen atoms in total. The molecule has 2 amide bonds. The number of hydrogen-bond donors (Lipinski definition) is 4. The highest BCUT2D eigenvalue weighted by molar-refractivity contribution is 6.12. The maximum atomic E-state index is 16.4. The summed E-state index contributed by atoms with van der Waals surface area (Å²) in [6, 6.07) is 12.6. The molecular formula is C32H26F2N4O5. The molecule has 43 heavy (non-hydrogen) atoms.